The summed E-state index contributed by atoms with van der Waals surface area (Å²) in [5, 5.41) is 14.9. The minimum absolute atomic E-state index is 0.0973. The minimum Gasteiger partial charge on any atom is -0.480 e. The van der Waals surface area contributed by atoms with Crippen molar-refractivity contribution >= 4 is 29.3 Å². The molecular weight excluding hydrogens is 461 g/mol. The van der Waals surface area contributed by atoms with Crippen molar-refractivity contribution in [1.82, 2.24) is 10.3 Å². The summed E-state index contributed by atoms with van der Waals surface area (Å²) >= 11 is 5.82. The fourth-order valence-corrected chi connectivity index (χ4v) is 4.64. The molecule has 3 N–H and O–H groups in total. The lowest BCUT2D eigenvalue weighted by atomic mass is 9.79. The van der Waals surface area contributed by atoms with Crippen LogP contribution in [-0.2, 0) is 22.4 Å². The van der Waals surface area contributed by atoms with E-state index in [0.29, 0.717) is 5.92 Å². The third-order valence-electron chi connectivity index (χ3n) is 6.51. The summed E-state index contributed by atoms with van der Waals surface area (Å²) in [5.41, 5.74) is 2.30. The normalized spacial score (nSPS) is 19.9. The fraction of sp³-hybridized carbons (Fsp3) is 0.480. The van der Waals surface area contributed by atoms with Crippen molar-refractivity contribution in [2.24, 2.45) is 5.92 Å². The topological polar surface area (TPSA) is 101 Å². The highest BCUT2D eigenvalue weighted by molar-refractivity contribution is 6.34. The van der Waals surface area contributed by atoms with Gasteiger partial charge in [-0.05, 0) is 68.2 Å². The number of fused-ring (bicyclic) bond motifs is 1. The largest absolute Gasteiger partial charge is 0.480 e. The quantitative estimate of drug-likeness (QED) is 0.461. The summed E-state index contributed by atoms with van der Waals surface area (Å²) in [6, 6.07) is 6.98. The minimum atomic E-state index is -1.18. The monoisotopic (exact) mass is 489 g/mol. The van der Waals surface area contributed by atoms with E-state index >= 15 is 0 Å². The van der Waals surface area contributed by atoms with Crippen molar-refractivity contribution in [3.05, 3.63) is 58.0 Å². The van der Waals surface area contributed by atoms with Crippen molar-refractivity contribution in [1.29, 1.82) is 0 Å². The number of benzene rings is 1. The van der Waals surface area contributed by atoms with E-state index in [9.17, 15) is 19.1 Å². The van der Waals surface area contributed by atoms with Crippen molar-refractivity contribution in [2.45, 2.75) is 57.1 Å². The van der Waals surface area contributed by atoms with E-state index in [1.165, 1.54) is 17.7 Å². The zero-order valence-electron chi connectivity index (χ0n) is 18.9. The average Bonchev–Trinajstić information content (AvgIpc) is 2.80. The highest BCUT2D eigenvalue weighted by Crippen LogP contribution is 2.34. The van der Waals surface area contributed by atoms with Gasteiger partial charge in [0.25, 0.3) is 5.91 Å². The second-order valence-electron chi connectivity index (χ2n) is 8.96. The first-order chi connectivity index (χ1) is 16.4. The molecule has 0 spiro atoms. The molecule has 1 fully saturated rings. The molecule has 1 aliphatic carbocycles. The summed E-state index contributed by atoms with van der Waals surface area (Å²) in [4.78, 5) is 28.6. The van der Waals surface area contributed by atoms with Crippen LogP contribution in [0.15, 0.2) is 30.3 Å². The number of rotatable bonds is 10. The molecule has 1 aliphatic heterocycles. The second-order valence-corrected chi connectivity index (χ2v) is 9.34. The number of anilines is 1. The first-order valence-corrected chi connectivity index (χ1v) is 12.1. The number of carboxylic acid groups (broad SMARTS) is 1. The fourth-order valence-electron chi connectivity index (χ4n) is 4.43. The van der Waals surface area contributed by atoms with E-state index in [2.05, 4.69) is 22.8 Å². The number of ether oxygens (including phenoxy) is 1. The van der Waals surface area contributed by atoms with Crippen LogP contribution in [0.3, 0.4) is 0 Å². The summed E-state index contributed by atoms with van der Waals surface area (Å²) < 4.78 is 19.4. The van der Waals surface area contributed by atoms with E-state index in [4.69, 9.17) is 21.3 Å². The standard InChI is InChI=1S/C25H29ClFN3O4/c26-22-19(4-1-5-20(22)27)24(31)30-21(25(32)33)10-12-34-18-13-15(14-18)6-8-17-9-7-16-3-2-11-28-23(16)29-17/h1,4-5,7,9,15,18,21H,2-3,6,8,10-14H2,(H,28,29)(H,30,31)(H,32,33)/t15-,18-,21-/m0/s1. The van der Waals surface area contributed by atoms with E-state index < -0.39 is 23.7 Å². The summed E-state index contributed by atoms with van der Waals surface area (Å²) in [5.74, 6) is -1.04. The molecule has 0 unspecified atom stereocenters. The van der Waals surface area contributed by atoms with E-state index in [0.717, 1.165) is 62.6 Å². The average molecular weight is 490 g/mol. The van der Waals surface area contributed by atoms with Gasteiger partial charge in [0, 0.05) is 25.3 Å². The van der Waals surface area contributed by atoms with E-state index in [1.54, 1.807) is 0 Å². The van der Waals surface area contributed by atoms with Crippen LogP contribution in [0.4, 0.5) is 10.2 Å². The smallest absolute Gasteiger partial charge is 0.326 e. The molecule has 7 nitrogen and oxygen atoms in total. The first-order valence-electron chi connectivity index (χ1n) is 11.7. The molecule has 0 radical (unpaired) electrons. The maximum atomic E-state index is 13.6. The third kappa shape index (κ3) is 6.04. The maximum Gasteiger partial charge on any atom is 0.326 e. The van der Waals surface area contributed by atoms with Crippen LogP contribution in [0, 0.1) is 11.7 Å². The number of hydrogen-bond donors (Lipinski definition) is 3. The van der Waals surface area contributed by atoms with Crippen LogP contribution in [-0.4, -0.2) is 47.3 Å². The lowest BCUT2D eigenvalue weighted by Gasteiger charge is -2.35. The highest BCUT2D eigenvalue weighted by Gasteiger charge is 2.30. The predicted molar refractivity (Wildman–Crippen MR) is 127 cm³/mol. The molecule has 2 aliphatic rings. The van der Waals surface area contributed by atoms with Gasteiger partial charge in [-0.2, -0.15) is 0 Å². The number of aryl methyl sites for hydroxylation is 2. The molecule has 34 heavy (non-hydrogen) atoms. The first kappa shape index (κ1) is 24.4. The Labute approximate surface area is 203 Å². The molecular formula is C25H29ClFN3O4. The van der Waals surface area contributed by atoms with Crippen LogP contribution in [0.25, 0.3) is 0 Å². The molecule has 0 saturated heterocycles. The Morgan fingerprint density at radius 1 is 1.29 bits per heavy atom. The molecule has 1 aromatic carbocycles. The number of nitrogens with one attached hydrogen (secondary N) is 2. The summed E-state index contributed by atoms with van der Waals surface area (Å²) in [7, 11) is 0. The summed E-state index contributed by atoms with van der Waals surface area (Å²) in [6.45, 7) is 1.19. The van der Waals surface area contributed by atoms with Crippen LogP contribution < -0.4 is 10.6 Å². The lowest BCUT2D eigenvalue weighted by Crippen LogP contribution is -2.42. The molecule has 2 heterocycles. The number of halogens is 2. The number of carboxylic acids is 1. The number of aromatic nitrogens is 1. The molecule has 1 aromatic heterocycles. The van der Waals surface area contributed by atoms with Gasteiger partial charge in [-0.15, -0.1) is 0 Å². The molecule has 1 amide bonds. The number of amides is 1. The van der Waals surface area contributed by atoms with Gasteiger partial charge in [0.15, 0.2) is 0 Å². The molecule has 1 saturated carbocycles. The van der Waals surface area contributed by atoms with Gasteiger partial charge in [-0.3, -0.25) is 4.79 Å². The van der Waals surface area contributed by atoms with Gasteiger partial charge in [0.2, 0.25) is 0 Å². The van der Waals surface area contributed by atoms with Crippen LogP contribution in [0.5, 0.6) is 0 Å². The van der Waals surface area contributed by atoms with Crippen molar-refractivity contribution in [3.63, 3.8) is 0 Å². The summed E-state index contributed by atoms with van der Waals surface area (Å²) in [6.07, 6.45) is 6.31. The number of pyridine rings is 1. The zero-order valence-corrected chi connectivity index (χ0v) is 19.6. The Kier molecular flexibility index (Phi) is 8.00. The van der Waals surface area contributed by atoms with Gasteiger partial charge in [-0.1, -0.05) is 23.7 Å². The number of nitrogens with zero attached hydrogens (tertiary/aromatic N) is 1. The van der Waals surface area contributed by atoms with Gasteiger partial charge in [0.1, 0.15) is 17.7 Å². The van der Waals surface area contributed by atoms with Crippen molar-refractivity contribution in [2.75, 3.05) is 18.5 Å². The third-order valence-corrected chi connectivity index (χ3v) is 6.90. The SMILES string of the molecule is O=C(N[C@@H](CCO[C@H]1C[C@H](CCc2ccc3c(n2)NCCC3)C1)C(=O)O)c1cccc(F)c1Cl. The van der Waals surface area contributed by atoms with Gasteiger partial charge in [0.05, 0.1) is 16.7 Å². The molecule has 4 rings (SSSR count). The Bertz CT molecular complexity index is 1040. The molecule has 2 aromatic rings. The van der Waals surface area contributed by atoms with Gasteiger partial charge < -0.3 is 20.5 Å². The zero-order chi connectivity index (χ0) is 24.1. The Morgan fingerprint density at radius 2 is 2.12 bits per heavy atom. The maximum absolute atomic E-state index is 13.6. The highest BCUT2D eigenvalue weighted by atomic mass is 35.5. The van der Waals surface area contributed by atoms with E-state index in [-0.39, 0.29) is 29.7 Å². The number of aliphatic carboxylic acids is 1. The number of carbonyl (C=O) groups excluding carboxylic acids is 1. The number of carbonyl (C=O) groups is 2. The Morgan fingerprint density at radius 3 is 2.91 bits per heavy atom. The van der Waals surface area contributed by atoms with Crippen molar-refractivity contribution in [3.8, 4) is 0 Å². The van der Waals surface area contributed by atoms with Crippen LogP contribution in [0.1, 0.15) is 53.7 Å². The van der Waals surface area contributed by atoms with Crippen LogP contribution >= 0.6 is 11.6 Å². The van der Waals surface area contributed by atoms with Gasteiger partial charge in [-0.25, -0.2) is 14.2 Å². The van der Waals surface area contributed by atoms with Gasteiger partial charge >= 0.3 is 5.97 Å². The second kappa shape index (κ2) is 11.1. The van der Waals surface area contributed by atoms with E-state index in [1.807, 2.05) is 0 Å². The Hall–Kier alpha value is -2.71. The Balaban J connectivity index is 1.16. The van der Waals surface area contributed by atoms with Crippen LogP contribution in [0.2, 0.25) is 5.02 Å². The number of hydrogen-bond acceptors (Lipinski definition) is 5. The molecule has 1 atom stereocenters. The molecule has 0 bridgehead atoms. The molecule has 9 heteroatoms. The lowest BCUT2D eigenvalue weighted by molar-refractivity contribution is -0.140. The van der Waals surface area contributed by atoms with Crippen molar-refractivity contribution < 1.29 is 23.8 Å². The molecule has 182 valence electrons. The predicted octanol–water partition coefficient (Wildman–Crippen LogP) is 4.23.